The molecule has 34 heavy (non-hydrogen) atoms. The van der Waals surface area contributed by atoms with Gasteiger partial charge in [0, 0.05) is 0 Å². The van der Waals surface area contributed by atoms with Crippen LogP contribution in [0.25, 0.3) is 32.3 Å². The van der Waals surface area contributed by atoms with Crippen molar-refractivity contribution in [1.82, 2.24) is 0 Å². The lowest BCUT2D eigenvalue weighted by atomic mass is 9.90. The van der Waals surface area contributed by atoms with E-state index in [0.717, 1.165) is 0 Å². The molecule has 0 fully saturated rings. The van der Waals surface area contributed by atoms with Crippen LogP contribution in [-0.4, -0.2) is 0 Å². The minimum absolute atomic E-state index is 1.21. The van der Waals surface area contributed by atoms with Gasteiger partial charge in [0.1, 0.15) is 0 Å². The number of unbranched alkanes of at least 4 members (excludes halogenated alkanes) is 15. The third-order valence-electron chi connectivity index (χ3n) is 7.92. The van der Waals surface area contributed by atoms with E-state index in [1.165, 1.54) is 147 Å². The summed E-state index contributed by atoms with van der Waals surface area (Å²) >= 11 is 0. The summed E-state index contributed by atoms with van der Waals surface area (Å²) in [4.78, 5) is 0. The minimum atomic E-state index is 1.21. The van der Waals surface area contributed by atoms with Crippen LogP contribution >= 0.6 is 0 Å². The van der Waals surface area contributed by atoms with Crippen LogP contribution in [0.4, 0.5) is 0 Å². The monoisotopic (exact) mass is 454 g/mol. The molecule has 0 unspecified atom stereocenters. The number of benzene rings is 4. The molecule has 182 valence electrons. The first-order valence-electron chi connectivity index (χ1n) is 14.5. The van der Waals surface area contributed by atoms with Crippen LogP contribution in [0.3, 0.4) is 0 Å². The Hall–Kier alpha value is -2.08. The lowest BCUT2D eigenvalue weighted by molar-refractivity contribution is 0.529. The summed E-state index contributed by atoms with van der Waals surface area (Å²) in [5.41, 5.74) is 1.54. The Bertz CT molecular complexity index is 1090. The third-order valence-corrected chi connectivity index (χ3v) is 7.92. The van der Waals surface area contributed by atoms with Crippen molar-refractivity contribution in [3.8, 4) is 0 Å². The Kier molecular flexibility index (Phi) is 10.1. The van der Waals surface area contributed by atoms with Gasteiger partial charge in [-0.25, -0.2) is 0 Å². The largest absolute Gasteiger partial charge is 0.0654 e. The number of hydrogen-bond acceptors (Lipinski definition) is 0. The van der Waals surface area contributed by atoms with E-state index < -0.39 is 0 Å². The summed E-state index contributed by atoms with van der Waals surface area (Å²) in [6, 6.07) is 20.7. The first-order valence-corrected chi connectivity index (χ1v) is 14.5. The number of hydrogen-bond donors (Lipinski definition) is 0. The van der Waals surface area contributed by atoms with E-state index in [1.54, 1.807) is 0 Å². The molecule has 0 amide bonds. The molecule has 0 heterocycles. The molecule has 0 aliphatic carbocycles. The lowest BCUT2D eigenvalue weighted by Crippen LogP contribution is -1.91. The second kappa shape index (κ2) is 13.7. The van der Waals surface area contributed by atoms with E-state index in [1.807, 2.05) is 0 Å². The summed E-state index contributed by atoms with van der Waals surface area (Å²) in [7, 11) is 0. The number of rotatable bonds is 17. The lowest BCUT2D eigenvalue weighted by Gasteiger charge is -2.14. The Morgan fingerprint density at radius 1 is 0.412 bits per heavy atom. The van der Waals surface area contributed by atoms with E-state index in [-0.39, 0.29) is 0 Å². The zero-order valence-electron chi connectivity index (χ0n) is 21.7. The predicted octanol–water partition coefficient (Wildman–Crippen LogP) is 11.4. The molecule has 0 N–H and O–H groups in total. The molecule has 0 aliphatic heterocycles. The van der Waals surface area contributed by atoms with Crippen molar-refractivity contribution in [3.05, 3.63) is 60.2 Å². The van der Waals surface area contributed by atoms with Gasteiger partial charge < -0.3 is 0 Å². The van der Waals surface area contributed by atoms with Crippen molar-refractivity contribution in [2.24, 2.45) is 0 Å². The van der Waals surface area contributed by atoms with Crippen LogP contribution < -0.4 is 0 Å². The topological polar surface area (TPSA) is 0 Å². The van der Waals surface area contributed by atoms with Crippen LogP contribution in [0.1, 0.15) is 115 Å². The van der Waals surface area contributed by atoms with Crippen LogP contribution in [0.15, 0.2) is 54.6 Å². The molecule has 0 aliphatic rings. The smallest absolute Gasteiger partial charge is 0.00240 e. The summed E-state index contributed by atoms with van der Waals surface area (Å²) in [6.45, 7) is 2.30. The fourth-order valence-electron chi connectivity index (χ4n) is 5.88. The van der Waals surface area contributed by atoms with Gasteiger partial charge in [-0.2, -0.15) is 0 Å². The normalized spacial score (nSPS) is 11.9. The molecule has 0 saturated heterocycles. The van der Waals surface area contributed by atoms with Gasteiger partial charge in [-0.3, -0.25) is 0 Å². The second-order valence-corrected chi connectivity index (χ2v) is 10.6. The molecule has 0 radical (unpaired) electrons. The Balaban J connectivity index is 1.10. The van der Waals surface area contributed by atoms with Crippen LogP contribution in [0.2, 0.25) is 0 Å². The van der Waals surface area contributed by atoms with Gasteiger partial charge in [0.15, 0.2) is 0 Å². The third kappa shape index (κ3) is 6.74. The second-order valence-electron chi connectivity index (χ2n) is 10.6. The minimum Gasteiger partial charge on any atom is -0.0654 e. The van der Waals surface area contributed by atoms with Gasteiger partial charge in [-0.05, 0) is 50.7 Å². The molecule has 0 nitrogen and oxygen atoms in total. The molecule has 0 saturated carbocycles. The molecular weight excluding hydrogens is 408 g/mol. The highest BCUT2D eigenvalue weighted by Crippen LogP contribution is 2.36. The standard InChI is InChI=1S/C34H46/c1-2-3-4-5-6-7-8-9-10-11-12-13-14-15-16-17-19-28-22-23-31-25-24-29-20-18-21-30-26-27-32(28)34(31)33(29)30/h18,20-27H,2-17,19H2,1H3. The van der Waals surface area contributed by atoms with Crippen molar-refractivity contribution in [3.63, 3.8) is 0 Å². The quantitative estimate of drug-likeness (QED) is 0.110. The van der Waals surface area contributed by atoms with Gasteiger partial charge in [0.25, 0.3) is 0 Å². The van der Waals surface area contributed by atoms with E-state index in [4.69, 9.17) is 0 Å². The van der Waals surface area contributed by atoms with E-state index in [2.05, 4.69) is 61.5 Å². The van der Waals surface area contributed by atoms with Crippen LogP contribution in [0, 0.1) is 0 Å². The Morgan fingerprint density at radius 2 is 0.853 bits per heavy atom. The maximum atomic E-state index is 2.38. The fraction of sp³-hybridized carbons (Fsp3) is 0.529. The average Bonchev–Trinajstić information content (AvgIpc) is 2.87. The molecule has 4 rings (SSSR count). The zero-order valence-corrected chi connectivity index (χ0v) is 21.7. The van der Waals surface area contributed by atoms with Gasteiger partial charge in [-0.1, -0.05) is 158 Å². The van der Waals surface area contributed by atoms with Gasteiger partial charge in [0.05, 0.1) is 0 Å². The molecule has 0 spiro atoms. The van der Waals surface area contributed by atoms with Crippen molar-refractivity contribution in [2.75, 3.05) is 0 Å². The molecule has 0 aromatic heterocycles. The van der Waals surface area contributed by atoms with Crippen molar-refractivity contribution in [1.29, 1.82) is 0 Å². The molecule has 0 heteroatoms. The first kappa shape index (κ1) is 25.0. The van der Waals surface area contributed by atoms with Crippen molar-refractivity contribution in [2.45, 2.75) is 116 Å². The summed E-state index contributed by atoms with van der Waals surface area (Å²) in [5, 5.41) is 8.53. The maximum absolute atomic E-state index is 2.38. The first-order chi connectivity index (χ1) is 16.9. The Labute approximate surface area is 208 Å². The fourth-order valence-corrected chi connectivity index (χ4v) is 5.88. The van der Waals surface area contributed by atoms with Crippen molar-refractivity contribution < 1.29 is 0 Å². The zero-order chi connectivity index (χ0) is 23.4. The van der Waals surface area contributed by atoms with Gasteiger partial charge in [-0.15, -0.1) is 0 Å². The average molecular weight is 455 g/mol. The molecular formula is C34H46. The maximum Gasteiger partial charge on any atom is -0.00240 e. The highest BCUT2D eigenvalue weighted by Gasteiger charge is 2.10. The molecule has 4 aromatic carbocycles. The highest BCUT2D eigenvalue weighted by atomic mass is 14.1. The summed E-state index contributed by atoms with van der Waals surface area (Å²) < 4.78 is 0. The summed E-state index contributed by atoms with van der Waals surface area (Å²) in [6.07, 6.45) is 24.1. The number of aryl methyl sites for hydroxylation is 1. The SMILES string of the molecule is CCCCCCCCCCCCCCCCCCc1ccc2ccc3cccc4ccc1c2c34. The van der Waals surface area contributed by atoms with Gasteiger partial charge in [0.2, 0.25) is 0 Å². The predicted molar refractivity (Wildman–Crippen MR) is 153 cm³/mol. The molecule has 0 bridgehead atoms. The van der Waals surface area contributed by atoms with E-state index in [0.29, 0.717) is 0 Å². The molecule has 4 aromatic rings. The van der Waals surface area contributed by atoms with E-state index >= 15 is 0 Å². The van der Waals surface area contributed by atoms with Crippen LogP contribution in [-0.2, 0) is 6.42 Å². The van der Waals surface area contributed by atoms with Crippen LogP contribution in [0.5, 0.6) is 0 Å². The Morgan fingerprint density at radius 3 is 1.41 bits per heavy atom. The highest BCUT2D eigenvalue weighted by molar-refractivity contribution is 6.23. The van der Waals surface area contributed by atoms with Crippen molar-refractivity contribution >= 4 is 32.3 Å². The van der Waals surface area contributed by atoms with E-state index in [9.17, 15) is 0 Å². The summed E-state index contributed by atoms with van der Waals surface area (Å²) in [5.74, 6) is 0. The van der Waals surface area contributed by atoms with Gasteiger partial charge >= 0.3 is 0 Å². The molecule has 0 atom stereocenters.